The van der Waals surface area contributed by atoms with Gasteiger partial charge in [-0.15, -0.1) is 0 Å². The van der Waals surface area contributed by atoms with Crippen molar-refractivity contribution in [2.75, 3.05) is 14.2 Å². The molecule has 2 atom stereocenters. The van der Waals surface area contributed by atoms with Gasteiger partial charge in [-0.05, 0) is 11.1 Å². The number of ether oxygens (including phenoxy) is 2. The highest BCUT2D eigenvalue weighted by atomic mass is 16.5. The Bertz CT molecular complexity index is 1070. The second-order valence-electron chi connectivity index (χ2n) is 7.67. The quantitative estimate of drug-likeness (QED) is 0.449. The third kappa shape index (κ3) is 4.91. The number of esters is 2. The molecule has 0 amide bonds. The van der Waals surface area contributed by atoms with Crippen molar-refractivity contribution >= 4 is 23.5 Å². The maximum Gasteiger partial charge on any atom is 0.306 e. The van der Waals surface area contributed by atoms with Crippen LogP contribution in [0.3, 0.4) is 0 Å². The van der Waals surface area contributed by atoms with Crippen LogP contribution < -0.4 is 0 Å². The highest BCUT2D eigenvalue weighted by Gasteiger charge is 2.43. The predicted molar refractivity (Wildman–Crippen MR) is 121 cm³/mol. The van der Waals surface area contributed by atoms with E-state index >= 15 is 0 Å². The summed E-state index contributed by atoms with van der Waals surface area (Å²) in [7, 11) is 2.36. The minimum Gasteiger partial charge on any atom is -0.504 e. The molecule has 0 unspecified atom stereocenters. The van der Waals surface area contributed by atoms with Gasteiger partial charge in [0.1, 0.15) is 0 Å². The average molecular weight is 464 g/mol. The van der Waals surface area contributed by atoms with Crippen LogP contribution in [0.4, 0.5) is 0 Å². The van der Waals surface area contributed by atoms with Crippen LogP contribution in [-0.4, -0.2) is 47.9 Å². The molecule has 0 aromatic heterocycles. The Hall–Kier alpha value is -4.20. The Kier molecular flexibility index (Phi) is 7.63. The molecule has 0 fully saturated rings. The molecule has 3 rings (SSSR count). The van der Waals surface area contributed by atoms with Crippen molar-refractivity contribution in [2.45, 2.75) is 24.7 Å². The van der Waals surface area contributed by atoms with Gasteiger partial charge < -0.3 is 19.7 Å². The summed E-state index contributed by atoms with van der Waals surface area (Å²) >= 11 is 0. The van der Waals surface area contributed by atoms with Crippen molar-refractivity contribution in [1.29, 1.82) is 0 Å². The second-order valence-corrected chi connectivity index (χ2v) is 7.67. The van der Waals surface area contributed by atoms with Gasteiger partial charge in [0.25, 0.3) is 0 Å². The molecule has 0 spiro atoms. The lowest BCUT2D eigenvalue weighted by Gasteiger charge is -2.27. The van der Waals surface area contributed by atoms with Crippen LogP contribution in [0.5, 0.6) is 0 Å². The first kappa shape index (κ1) is 24.4. The van der Waals surface area contributed by atoms with Crippen molar-refractivity contribution in [1.82, 2.24) is 0 Å². The van der Waals surface area contributed by atoms with Gasteiger partial charge in [-0.1, -0.05) is 60.7 Å². The first-order valence-corrected chi connectivity index (χ1v) is 10.5. The average Bonchev–Trinajstić information content (AvgIpc) is 2.87. The Morgan fingerprint density at radius 1 is 0.676 bits per heavy atom. The van der Waals surface area contributed by atoms with Crippen LogP contribution in [0.25, 0.3) is 0 Å². The Morgan fingerprint density at radius 3 is 1.29 bits per heavy atom. The molecule has 0 heterocycles. The zero-order valence-corrected chi connectivity index (χ0v) is 18.7. The summed E-state index contributed by atoms with van der Waals surface area (Å²) in [6, 6.07) is 16.7. The molecule has 8 heteroatoms. The third-order valence-corrected chi connectivity index (χ3v) is 5.73. The van der Waals surface area contributed by atoms with E-state index in [1.807, 2.05) is 0 Å². The van der Waals surface area contributed by atoms with E-state index in [9.17, 15) is 29.4 Å². The number of benzene rings is 2. The fourth-order valence-electron chi connectivity index (χ4n) is 4.01. The number of hydrogen-bond acceptors (Lipinski definition) is 8. The van der Waals surface area contributed by atoms with Crippen LogP contribution >= 0.6 is 0 Å². The summed E-state index contributed by atoms with van der Waals surface area (Å²) in [6.07, 6.45) is -0.683. The number of Topliss-reactive ketones (excluding diaryl/α,β-unsaturated/α-hetero) is 2. The molecular formula is C26H24O8. The van der Waals surface area contributed by atoms with E-state index in [1.165, 1.54) is 14.2 Å². The minimum atomic E-state index is -1.04. The smallest absolute Gasteiger partial charge is 0.306 e. The summed E-state index contributed by atoms with van der Waals surface area (Å²) in [5.41, 5.74) is 0.127. The highest BCUT2D eigenvalue weighted by Crippen LogP contribution is 2.40. The van der Waals surface area contributed by atoms with Gasteiger partial charge in [0, 0.05) is 11.8 Å². The van der Waals surface area contributed by atoms with Gasteiger partial charge in [-0.2, -0.15) is 0 Å². The van der Waals surface area contributed by atoms with E-state index in [-0.39, 0.29) is 12.8 Å². The predicted octanol–water partition coefficient (Wildman–Crippen LogP) is 3.46. The van der Waals surface area contributed by atoms with Gasteiger partial charge in [0.2, 0.25) is 11.6 Å². The fourth-order valence-corrected chi connectivity index (χ4v) is 4.01. The highest BCUT2D eigenvalue weighted by molar-refractivity contribution is 6.24. The number of methoxy groups -OCH3 is 2. The van der Waals surface area contributed by atoms with Crippen LogP contribution in [0, 0.1) is 0 Å². The molecule has 0 saturated carbocycles. The standard InChI is InChI=1S/C26H24O8/c1-33-19(27)13-17(15-9-5-3-6-10-15)21-23(29)25(31)22(26(32)24(21)30)18(14-20(28)34-2)16-11-7-4-8-12-16/h3-12,17-18,29,32H,13-14H2,1-2H3/t17-,18-/m1/s1. The van der Waals surface area contributed by atoms with E-state index in [4.69, 9.17) is 9.47 Å². The zero-order chi connectivity index (χ0) is 24.8. The van der Waals surface area contributed by atoms with E-state index < -0.39 is 58.0 Å². The number of hydrogen-bond donors (Lipinski definition) is 2. The molecule has 0 bridgehead atoms. The van der Waals surface area contributed by atoms with Crippen LogP contribution in [0.15, 0.2) is 83.3 Å². The molecule has 1 aliphatic carbocycles. The largest absolute Gasteiger partial charge is 0.504 e. The van der Waals surface area contributed by atoms with E-state index in [0.717, 1.165) is 0 Å². The maximum atomic E-state index is 13.3. The summed E-state index contributed by atoms with van der Waals surface area (Å²) in [5, 5.41) is 21.8. The summed E-state index contributed by atoms with van der Waals surface area (Å²) in [5.74, 6) is -7.20. The normalized spacial score (nSPS) is 15.7. The van der Waals surface area contributed by atoms with Crippen LogP contribution in [-0.2, 0) is 28.7 Å². The number of aliphatic hydroxyl groups excluding tert-OH is 2. The lowest BCUT2D eigenvalue weighted by atomic mass is 9.76. The second kappa shape index (κ2) is 10.6. The lowest BCUT2D eigenvalue weighted by Crippen LogP contribution is -2.31. The Morgan fingerprint density at radius 2 is 1.00 bits per heavy atom. The van der Waals surface area contributed by atoms with E-state index in [2.05, 4.69) is 0 Å². The molecule has 0 radical (unpaired) electrons. The molecule has 0 saturated heterocycles. The SMILES string of the molecule is COC(=O)C[C@@H](C1=C(O)C(=O)C([C@H](CC(=O)OC)c2ccccc2)=C(O)C1=O)c1ccccc1. The topological polar surface area (TPSA) is 127 Å². The molecular weight excluding hydrogens is 440 g/mol. The van der Waals surface area contributed by atoms with Gasteiger partial charge in [0.05, 0.1) is 38.2 Å². The van der Waals surface area contributed by atoms with Gasteiger partial charge >= 0.3 is 11.9 Å². The van der Waals surface area contributed by atoms with Crippen molar-refractivity contribution in [3.63, 3.8) is 0 Å². The molecule has 34 heavy (non-hydrogen) atoms. The summed E-state index contributed by atoms with van der Waals surface area (Å²) in [6.45, 7) is 0. The molecule has 2 aromatic carbocycles. The van der Waals surface area contributed by atoms with Crippen molar-refractivity contribution in [3.8, 4) is 0 Å². The number of ketones is 2. The number of aliphatic hydroxyl groups is 2. The zero-order valence-electron chi connectivity index (χ0n) is 18.7. The molecule has 2 aromatic rings. The first-order chi connectivity index (χ1) is 16.3. The van der Waals surface area contributed by atoms with Crippen molar-refractivity contribution in [2.24, 2.45) is 0 Å². The Labute approximate surface area is 196 Å². The minimum absolute atomic E-state index is 0.341. The van der Waals surface area contributed by atoms with Gasteiger partial charge in [-0.25, -0.2) is 0 Å². The molecule has 1 aliphatic rings. The number of carbonyl (C=O) groups excluding carboxylic acids is 4. The fraction of sp³-hybridized carbons (Fsp3) is 0.231. The first-order valence-electron chi connectivity index (χ1n) is 10.5. The van der Waals surface area contributed by atoms with Crippen LogP contribution in [0.2, 0.25) is 0 Å². The molecule has 8 nitrogen and oxygen atoms in total. The third-order valence-electron chi connectivity index (χ3n) is 5.73. The van der Waals surface area contributed by atoms with Gasteiger partial charge in [-0.3, -0.25) is 19.2 Å². The summed E-state index contributed by atoms with van der Waals surface area (Å²) in [4.78, 5) is 50.8. The maximum absolute atomic E-state index is 13.3. The number of rotatable bonds is 8. The monoisotopic (exact) mass is 464 g/mol. The van der Waals surface area contributed by atoms with Crippen molar-refractivity contribution in [3.05, 3.63) is 94.5 Å². The molecule has 0 aliphatic heterocycles. The van der Waals surface area contributed by atoms with E-state index in [1.54, 1.807) is 60.7 Å². The van der Waals surface area contributed by atoms with Gasteiger partial charge in [0.15, 0.2) is 11.5 Å². The molecule has 176 valence electrons. The lowest BCUT2D eigenvalue weighted by molar-refractivity contribution is -0.142. The summed E-state index contributed by atoms with van der Waals surface area (Å²) < 4.78 is 9.45. The number of carbonyl (C=O) groups is 4. The van der Waals surface area contributed by atoms with Crippen molar-refractivity contribution < 1.29 is 38.9 Å². The Balaban J connectivity index is 2.13. The van der Waals surface area contributed by atoms with Crippen LogP contribution in [0.1, 0.15) is 35.8 Å². The van der Waals surface area contributed by atoms with E-state index in [0.29, 0.717) is 11.1 Å². The number of allylic oxidation sites excluding steroid dienone is 2. The molecule has 2 N–H and O–H groups in total.